The van der Waals surface area contributed by atoms with Crippen LogP contribution in [0.3, 0.4) is 0 Å². The van der Waals surface area contributed by atoms with Gasteiger partial charge in [0.1, 0.15) is 0 Å². The third kappa shape index (κ3) is 229000. The van der Waals surface area contributed by atoms with Crippen LogP contribution in [0.1, 0.15) is 0 Å². The molecule has 0 bridgehead atoms. The maximum absolute atomic E-state index is 8.25. The van der Waals surface area contributed by atoms with Crippen molar-refractivity contribution < 1.29 is 44.8 Å². The molecule has 12 nitrogen and oxygen atoms in total. The zero-order valence-corrected chi connectivity index (χ0v) is 12.2. The molecule has 0 radical (unpaired) electrons. The third-order valence-electron chi connectivity index (χ3n) is 0. The van der Waals surface area contributed by atoms with Crippen molar-refractivity contribution >= 4 is 45.5 Å². The van der Waals surface area contributed by atoms with Crippen LogP contribution in [0.4, 0.5) is 0 Å². The minimum atomic E-state index is -1.75. The predicted molar refractivity (Wildman–Crippen MR) is 36.8 cm³/mol. The molecule has 72 valence electrons. The van der Waals surface area contributed by atoms with Crippen molar-refractivity contribution in [2.75, 3.05) is 0 Å². The van der Waals surface area contributed by atoms with E-state index in [1.807, 2.05) is 0 Å². The van der Waals surface area contributed by atoms with Crippen LogP contribution in [0.2, 0.25) is 0 Å². The van der Waals surface area contributed by atoms with Crippen molar-refractivity contribution in [3.63, 3.8) is 0 Å². The van der Waals surface area contributed by atoms with E-state index in [9.17, 15) is 0 Å². The molecular weight excluding hydrogens is 297 g/mol. The second-order valence-corrected chi connectivity index (χ2v) is 0.671. The molecule has 0 amide bonds. The molecular formula is N3NaO9Sr. The minimum absolute atomic E-state index is 0. The molecule has 0 aliphatic heterocycles. The van der Waals surface area contributed by atoms with Gasteiger partial charge < -0.3 is 46.0 Å². The summed E-state index contributed by atoms with van der Waals surface area (Å²) in [6, 6.07) is 0. The minimum Gasteiger partial charge on any atom is -0.356 e. The van der Waals surface area contributed by atoms with Crippen LogP contribution in [0, 0.1) is 46.0 Å². The van der Waals surface area contributed by atoms with Gasteiger partial charge in [0.25, 0.3) is 0 Å². The Balaban J connectivity index is -0.0000000270. The second kappa shape index (κ2) is 23.2. The van der Waals surface area contributed by atoms with Crippen molar-refractivity contribution in [1.29, 1.82) is 0 Å². The van der Waals surface area contributed by atoms with Crippen LogP contribution in [-0.4, -0.2) is 60.7 Å². The van der Waals surface area contributed by atoms with E-state index >= 15 is 0 Å². The van der Waals surface area contributed by atoms with Gasteiger partial charge in [0.15, 0.2) is 0 Å². The fraction of sp³-hybridized carbons (Fsp3) is 0. The first-order valence-corrected chi connectivity index (χ1v) is 1.64. The summed E-state index contributed by atoms with van der Waals surface area (Å²) in [5, 5.41) is 44.2. The molecule has 0 unspecified atom stereocenters. The van der Waals surface area contributed by atoms with Gasteiger partial charge in [0.05, 0.1) is 15.3 Å². The van der Waals surface area contributed by atoms with E-state index in [0.717, 1.165) is 0 Å². The number of hydrogen-bond donors (Lipinski definition) is 0. The molecule has 0 saturated carbocycles. The molecule has 0 aliphatic carbocycles. The summed E-state index contributed by atoms with van der Waals surface area (Å²) in [6.45, 7) is 0. The first-order chi connectivity index (χ1) is 5.20. The summed E-state index contributed by atoms with van der Waals surface area (Å²) in [7, 11) is 0. The SMILES string of the molecule is O=[N+]([O-])[O-].O=[N+]([O-])[O-].O=[N+]([O-])[O-].[Na+].[Sr+2]. The monoisotopic (exact) mass is 297 g/mol. The van der Waals surface area contributed by atoms with Crippen LogP contribution in [0.25, 0.3) is 0 Å². The summed E-state index contributed by atoms with van der Waals surface area (Å²) >= 11 is 0. The van der Waals surface area contributed by atoms with E-state index in [4.69, 9.17) is 46.0 Å². The van der Waals surface area contributed by atoms with Crippen molar-refractivity contribution in [2.24, 2.45) is 0 Å². The Morgan fingerprint density at radius 2 is 0.571 bits per heavy atom. The van der Waals surface area contributed by atoms with E-state index in [0.29, 0.717) is 0 Å². The molecule has 0 N–H and O–H groups in total. The average Bonchev–Trinajstić information content (AvgIpc) is 1.54. The molecule has 0 aromatic heterocycles. The zero-order valence-electron chi connectivity index (χ0n) is 6.72. The number of hydrogen-bond acceptors (Lipinski definition) is 9. The normalized spacial score (nSPS) is 5.14. The molecule has 14 heteroatoms. The molecule has 0 spiro atoms. The maximum Gasteiger partial charge on any atom is 2.00 e. The predicted octanol–water partition coefficient (Wildman–Crippen LogP) is -4.09. The maximum atomic E-state index is 8.25. The Morgan fingerprint density at radius 1 is 0.571 bits per heavy atom. The van der Waals surface area contributed by atoms with Gasteiger partial charge in [-0.2, -0.15) is 0 Å². The number of nitrogens with zero attached hydrogens (tertiary/aromatic N) is 3. The zero-order chi connectivity index (χ0) is 10.7. The van der Waals surface area contributed by atoms with Crippen molar-refractivity contribution in [3.05, 3.63) is 46.0 Å². The second-order valence-electron chi connectivity index (χ2n) is 0.671. The third-order valence-corrected chi connectivity index (χ3v) is 0. The average molecular weight is 297 g/mol. The largest absolute Gasteiger partial charge is 2.00 e. The van der Waals surface area contributed by atoms with Gasteiger partial charge in [0, 0.05) is 0 Å². The first kappa shape index (κ1) is 29.2. The molecule has 0 heterocycles. The Bertz CT molecular complexity index is 118. The van der Waals surface area contributed by atoms with Gasteiger partial charge >= 0.3 is 75.0 Å². The fourth-order valence-corrected chi connectivity index (χ4v) is 0. The van der Waals surface area contributed by atoms with E-state index in [1.165, 1.54) is 0 Å². The van der Waals surface area contributed by atoms with E-state index in [1.54, 1.807) is 0 Å². The summed E-state index contributed by atoms with van der Waals surface area (Å²) < 4.78 is 0. The Morgan fingerprint density at radius 3 is 0.571 bits per heavy atom. The smallest absolute Gasteiger partial charge is 0.356 e. The van der Waals surface area contributed by atoms with Gasteiger partial charge in [-0.25, -0.2) is 0 Å². The molecule has 0 aliphatic rings. The Hall–Kier alpha value is 0.0805. The molecule has 0 aromatic rings. The quantitative estimate of drug-likeness (QED) is 0.242. The standard InChI is InChI=1S/3NO3.Na.Sr/c3*2-1(3)4;;/q3*-1;+1;+2. The van der Waals surface area contributed by atoms with E-state index in [-0.39, 0.29) is 75.0 Å². The van der Waals surface area contributed by atoms with Gasteiger partial charge in [-0.3, -0.25) is 0 Å². The molecule has 0 rings (SSSR count). The van der Waals surface area contributed by atoms with Crippen LogP contribution in [-0.2, 0) is 0 Å². The van der Waals surface area contributed by atoms with Gasteiger partial charge in [-0.1, -0.05) is 0 Å². The molecule has 14 heavy (non-hydrogen) atoms. The van der Waals surface area contributed by atoms with Crippen LogP contribution < -0.4 is 29.6 Å². The van der Waals surface area contributed by atoms with Crippen molar-refractivity contribution in [3.8, 4) is 0 Å². The van der Waals surface area contributed by atoms with E-state index < -0.39 is 15.3 Å². The summed E-state index contributed by atoms with van der Waals surface area (Å²) in [5.74, 6) is 0. The van der Waals surface area contributed by atoms with Crippen LogP contribution in [0.5, 0.6) is 0 Å². The molecule has 0 atom stereocenters. The van der Waals surface area contributed by atoms with Crippen LogP contribution >= 0.6 is 0 Å². The molecule has 0 saturated heterocycles. The Kier molecular flexibility index (Phi) is 48.3. The van der Waals surface area contributed by atoms with Crippen LogP contribution in [0.15, 0.2) is 0 Å². The van der Waals surface area contributed by atoms with Crippen molar-refractivity contribution in [1.82, 2.24) is 0 Å². The number of rotatable bonds is 0. The molecule has 0 fully saturated rings. The summed E-state index contributed by atoms with van der Waals surface area (Å²) in [4.78, 5) is 24.8. The van der Waals surface area contributed by atoms with Gasteiger partial charge in [0.2, 0.25) is 0 Å². The van der Waals surface area contributed by atoms with Gasteiger partial charge in [-0.15, -0.1) is 0 Å². The van der Waals surface area contributed by atoms with Gasteiger partial charge in [-0.05, 0) is 0 Å². The molecule has 0 aromatic carbocycles. The summed E-state index contributed by atoms with van der Waals surface area (Å²) in [5.41, 5.74) is 0. The van der Waals surface area contributed by atoms with Crippen molar-refractivity contribution in [2.45, 2.75) is 0 Å². The Labute approximate surface area is 134 Å². The van der Waals surface area contributed by atoms with E-state index in [2.05, 4.69) is 0 Å². The fourth-order valence-electron chi connectivity index (χ4n) is 0. The topological polar surface area (TPSA) is 199 Å². The first-order valence-electron chi connectivity index (χ1n) is 1.64. The summed E-state index contributed by atoms with van der Waals surface area (Å²) in [6.07, 6.45) is 0.